The molecule has 1 N–H and O–H groups in total. The molecule has 0 spiro atoms. The van der Waals surface area contributed by atoms with Crippen LogP contribution in [0.1, 0.15) is 59.3 Å². The van der Waals surface area contributed by atoms with Crippen molar-refractivity contribution in [1.29, 1.82) is 0 Å². The van der Waals surface area contributed by atoms with Gasteiger partial charge in [-0.3, -0.25) is 4.79 Å². The molecular formula is C15H30N2O. The highest BCUT2D eigenvalue weighted by atomic mass is 16.2. The van der Waals surface area contributed by atoms with Crippen molar-refractivity contribution < 1.29 is 4.79 Å². The molecule has 0 bridgehead atoms. The van der Waals surface area contributed by atoms with Gasteiger partial charge in [0.05, 0.1) is 0 Å². The van der Waals surface area contributed by atoms with E-state index in [2.05, 4.69) is 31.0 Å². The maximum Gasteiger partial charge on any atom is 0.222 e. The minimum absolute atomic E-state index is 0.368. The Bertz CT molecular complexity index is 243. The fourth-order valence-electron chi connectivity index (χ4n) is 2.80. The largest absolute Gasteiger partial charge is 0.342 e. The lowest BCUT2D eigenvalue weighted by atomic mass is 9.93. The number of piperidine rings is 1. The maximum atomic E-state index is 12.1. The Labute approximate surface area is 112 Å². The molecule has 1 amide bonds. The van der Waals surface area contributed by atoms with Gasteiger partial charge in [0.1, 0.15) is 0 Å². The Balaban J connectivity index is 2.25. The molecule has 1 aliphatic heterocycles. The standard InChI is InChI=1S/C15H30N2O/c1-4-6-7-8-9-15(18)17-11-10-14(16-5-2)13(3)12-17/h13-14,16H,4-12H2,1-3H3. The van der Waals surface area contributed by atoms with Crippen molar-refractivity contribution in [3.63, 3.8) is 0 Å². The summed E-state index contributed by atoms with van der Waals surface area (Å²) in [5.41, 5.74) is 0. The summed E-state index contributed by atoms with van der Waals surface area (Å²) < 4.78 is 0. The molecule has 1 rings (SSSR count). The van der Waals surface area contributed by atoms with Crippen molar-refractivity contribution in [1.82, 2.24) is 10.2 Å². The topological polar surface area (TPSA) is 32.3 Å². The van der Waals surface area contributed by atoms with Crippen LogP contribution in [0.5, 0.6) is 0 Å². The molecule has 0 aromatic heterocycles. The molecule has 0 radical (unpaired) electrons. The van der Waals surface area contributed by atoms with E-state index in [-0.39, 0.29) is 0 Å². The van der Waals surface area contributed by atoms with Gasteiger partial charge in [0, 0.05) is 25.6 Å². The molecule has 1 saturated heterocycles. The van der Waals surface area contributed by atoms with Crippen LogP contribution in [0.15, 0.2) is 0 Å². The normalized spacial score (nSPS) is 24.3. The van der Waals surface area contributed by atoms with E-state index in [1.807, 2.05) is 0 Å². The van der Waals surface area contributed by atoms with Crippen LogP contribution in [0.25, 0.3) is 0 Å². The van der Waals surface area contributed by atoms with Gasteiger partial charge in [0.2, 0.25) is 5.91 Å². The van der Waals surface area contributed by atoms with E-state index in [1.165, 1.54) is 19.3 Å². The van der Waals surface area contributed by atoms with Crippen LogP contribution in [0, 0.1) is 5.92 Å². The van der Waals surface area contributed by atoms with Gasteiger partial charge in [-0.15, -0.1) is 0 Å². The monoisotopic (exact) mass is 254 g/mol. The molecule has 1 aliphatic rings. The van der Waals surface area contributed by atoms with Crippen LogP contribution in [0.4, 0.5) is 0 Å². The highest BCUT2D eigenvalue weighted by Gasteiger charge is 2.27. The zero-order valence-electron chi connectivity index (χ0n) is 12.4. The summed E-state index contributed by atoms with van der Waals surface area (Å²) in [5.74, 6) is 0.950. The number of unbranched alkanes of at least 4 members (excludes halogenated alkanes) is 3. The van der Waals surface area contributed by atoms with E-state index in [0.29, 0.717) is 17.9 Å². The second-order valence-electron chi connectivity index (χ2n) is 5.58. The van der Waals surface area contributed by atoms with Gasteiger partial charge in [-0.25, -0.2) is 0 Å². The third-order valence-corrected chi connectivity index (χ3v) is 3.97. The van der Waals surface area contributed by atoms with Crippen LogP contribution in [0.3, 0.4) is 0 Å². The van der Waals surface area contributed by atoms with E-state index in [4.69, 9.17) is 0 Å². The third kappa shape index (κ3) is 4.97. The minimum atomic E-state index is 0.368. The summed E-state index contributed by atoms with van der Waals surface area (Å²) in [6, 6.07) is 0.596. The van der Waals surface area contributed by atoms with Crippen LogP contribution in [-0.4, -0.2) is 36.5 Å². The summed E-state index contributed by atoms with van der Waals surface area (Å²) in [7, 11) is 0. The second kappa shape index (κ2) is 8.52. The van der Waals surface area contributed by atoms with Gasteiger partial charge < -0.3 is 10.2 Å². The number of carbonyl (C=O) groups is 1. The molecular weight excluding hydrogens is 224 g/mol. The molecule has 0 aromatic carbocycles. The average Bonchev–Trinajstić information content (AvgIpc) is 2.37. The SMILES string of the molecule is CCCCCCC(=O)N1CCC(NCC)C(C)C1. The minimum Gasteiger partial charge on any atom is -0.342 e. The molecule has 1 fully saturated rings. The highest BCUT2D eigenvalue weighted by Crippen LogP contribution is 2.18. The number of carbonyl (C=O) groups excluding carboxylic acids is 1. The lowest BCUT2D eigenvalue weighted by Gasteiger charge is -2.37. The Kier molecular flexibility index (Phi) is 7.33. The lowest BCUT2D eigenvalue weighted by Crippen LogP contribution is -2.50. The van der Waals surface area contributed by atoms with Crippen molar-refractivity contribution >= 4 is 5.91 Å². The quantitative estimate of drug-likeness (QED) is 0.709. The first kappa shape index (κ1) is 15.5. The summed E-state index contributed by atoms with van der Waals surface area (Å²) >= 11 is 0. The van der Waals surface area contributed by atoms with Crippen molar-refractivity contribution in [2.45, 2.75) is 65.3 Å². The van der Waals surface area contributed by atoms with E-state index < -0.39 is 0 Å². The smallest absolute Gasteiger partial charge is 0.222 e. The molecule has 0 saturated carbocycles. The van der Waals surface area contributed by atoms with E-state index in [9.17, 15) is 4.79 Å². The number of nitrogens with zero attached hydrogens (tertiary/aromatic N) is 1. The molecule has 106 valence electrons. The lowest BCUT2D eigenvalue weighted by molar-refractivity contribution is -0.133. The second-order valence-corrected chi connectivity index (χ2v) is 5.58. The molecule has 3 heteroatoms. The predicted octanol–water partition coefficient (Wildman–Crippen LogP) is 2.80. The van der Waals surface area contributed by atoms with Crippen LogP contribution >= 0.6 is 0 Å². The number of likely N-dealkylation sites (tertiary alicyclic amines) is 1. The molecule has 3 nitrogen and oxygen atoms in total. The van der Waals surface area contributed by atoms with Crippen molar-refractivity contribution in [3.05, 3.63) is 0 Å². The van der Waals surface area contributed by atoms with Crippen molar-refractivity contribution in [2.75, 3.05) is 19.6 Å². The van der Waals surface area contributed by atoms with E-state index >= 15 is 0 Å². The van der Waals surface area contributed by atoms with Gasteiger partial charge in [0.15, 0.2) is 0 Å². The molecule has 18 heavy (non-hydrogen) atoms. The van der Waals surface area contributed by atoms with Gasteiger partial charge >= 0.3 is 0 Å². The zero-order valence-corrected chi connectivity index (χ0v) is 12.4. The Morgan fingerprint density at radius 3 is 2.67 bits per heavy atom. The van der Waals surface area contributed by atoms with Crippen molar-refractivity contribution in [3.8, 4) is 0 Å². The fraction of sp³-hybridized carbons (Fsp3) is 0.933. The third-order valence-electron chi connectivity index (χ3n) is 3.97. The van der Waals surface area contributed by atoms with Crippen LogP contribution < -0.4 is 5.32 Å². The summed E-state index contributed by atoms with van der Waals surface area (Å²) in [5, 5.41) is 3.52. The van der Waals surface area contributed by atoms with Gasteiger partial charge in [-0.1, -0.05) is 40.0 Å². The molecule has 2 atom stereocenters. The molecule has 0 aromatic rings. The Morgan fingerprint density at radius 1 is 1.28 bits per heavy atom. The maximum absolute atomic E-state index is 12.1. The van der Waals surface area contributed by atoms with E-state index in [1.54, 1.807) is 0 Å². The van der Waals surface area contributed by atoms with Crippen molar-refractivity contribution in [2.24, 2.45) is 5.92 Å². The first-order valence-electron chi connectivity index (χ1n) is 7.70. The number of nitrogens with one attached hydrogen (secondary N) is 1. The molecule has 2 unspecified atom stereocenters. The highest BCUT2D eigenvalue weighted by molar-refractivity contribution is 5.76. The first-order chi connectivity index (χ1) is 8.69. The Morgan fingerprint density at radius 2 is 2.06 bits per heavy atom. The summed E-state index contributed by atoms with van der Waals surface area (Å²) in [6.45, 7) is 9.51. The van der Waals surface area contributed by atoms with Crippen LogP contribution in [-0.2, 0) is 4.79 Å². The number of hydrogen-bond acceptors (Lipinski definition) is 2. The number of amides is 1. The summed E-state index contributed by atoms with van der Waals surface area (Å²) in [6.07, 6.45) is 6.61. The van der Waals surface area contributed by atoms with Crippen LogP contribution in [0.2, 0.25) is 0 Å². The van der Waals surface area contributed by atoms with Gasteiger partial charge in [0.25, 0.3) is 0 Å². The van der Waals surface area contributed by atoms with E-state index in [0.717, 1.165) is 38.9 Å². The Hall–Kier alpha value is -0.570. The van der Waals surface area contributed by atoms with Gasteiger partial charge in [-0.2, -0.15) is 0 Å². The molecule has 0 aliphatic carbocycles. The number of rotatable bonds is 7. The zero-order chi connectivity index (χ0) is 13.4. The predicted molar refractivity (Wildman–Crippen MR) is 76.6 cm³/mol. The average molecular weight is 254 g/mol. The molecule has 1 heterocycles. The van der Waals surface area contributed by atoms with Gasteiger partial charge in [-0.05, 0) is 25.3 Å². The summed E-state index contributed by atoms with van der Waals surface area (Å²) in [4.78, 5) is 14.2. The fourth-order valence-corrected chi connectivity index (χ4v) is 2.80. The first-order valence-corrected chi connectivity index (χ1v) is 7.70. The number of hydrogen-bond donors (Lipinski definition) is 1.